The SMILES string of the molecule is CC.CON(C)C(=O)c1n[nH]c2ccccc12.[HH]. The Balaban J connectivity index is 0.000000917. The summed E-state index contributed by atoms with van der Waals surface area (Å²) in [6.45, 7) is 4.00. The topological polar surface area (TPSA) is 58.2 Å². The first-order valence-electron chi connectivity index (χ1n) is 5.49. The van der Waals surface area contributed by atoms with Crippen LogP contribution in [0.25, 0.3) is 10.9 Å². The third kappa shape index (κ3) is 2.62. The van der Waals surface area contributed by atoms with Crippen LogP contribution in [0.2, 0.25) is 0 Å². The fourth-order valence-corrected chi connectivity index (χ4v) is 1.36. The molecule has 1 amide bonds. The van der Waals surface area contributed by atoms with Crippen LogP contribution in [0.5, 0.6) is 0 Å². The van der Waals surface area contributed by atoms with Crippen molar-refractivity contribution in [2.24, 2.45) is 0 Å². The molecule has 0 unspecified atom stereocenters. The van der Waals surface area contributed by atoms with Gasteiger partial charge in [-0.3, -0.25) is 14.7 Å². The van der Waals surface area contributed by atoms with Gasteiger partial charge in [-0.05, 0) is 6.07 Å². The molecule has 0 spiro atoms. The number of aromatic amines is 1. The number of hydrogen-bond acceptors (Lipinski definition) is 3. The van der Waals surface area contributed by atoms with Gasteiger partial charge in [0.05, 0.1) is 12.6 Å². The van der Waals surface area contributed by atoms with E-state index < -0.39 is 0 Å². The van der Waals surface area contributed by atoms with Gasteiger partial charge in [0.1, 0.15) is 0 Å². The number of hydrogen-bond donors (Lipinski definition) is 1. The zero-order valence-electron chi connectivity index (χ0n) is 10.5. The molecule has 1 aromatic carbocycles. The zero-order chi connectivity index (χ0) is 12.8. The van der Waals surface area contributed by atoms with Gasteiger partial charge in [-0.1, -0.05) is 32.0 Å². The van der Waals surface area contributed by atoms with Crippen LogP contribution < -0.4 is 0 Å². The second kappa shape index (κ2) is 6.00. The minimum absolute atomic E-state index is 0. The molecule has 2 aromatic rings. The predicted molar refractivity (Wildman–Crippen MR) is 68.7 cm³/mol. The monoisotopic (exact) mass is 237 g/mol. The lowest BCUT2D eigenvalue weighted by Crippen LogP contribution is -2.25. The highest BCUT2D eigenvalue weighted by Gasteiger charge is 2.17. The molecule has 5 heteroatoms. The zero-order valence-corrected chi connectivity index (χ0v) is 10.5. The quantitative estimate of drug-likeness (QED) is 0.816. The van der Waals surface area contributed by atoms with Gasteiger partial charge in [-0.25, -0.2) is 5.06 Å². The van der Waals surface area contributed by atoms with Gasteiger partial charge in [0.2, 0.25) is 0 Å². The molecule has 1 aromatic heterocycles. The lowest BCUT2D eigenvalue weighted by Gasteiger charge is -2.11. The van der Waals surface area contributed by atoms with E-state index in [-0.39, 0.29) is 7.33 Å². The predicted octanol–water partition coefficient (Wildman–Crippen LogP) is 2.47. The standard InChI is InChI=1S/C10H11N3O2.C2H6.H2/c1-13(15-2)10(14)9-7-5-3-4-6-8(7)11-12-9;1-2;/h3-6H,1-2H3,(H,11,12);1-2H3;1H. The van der Waals surface area contributed by atoms with E-state index in [0.717, 1.165) is 16.0 Å². The van der Waals surface area contributed by atoms with E-state index in [4.69, 9.17) is 4.84 Å². The lowest BCUT2D eigenvalue weighted by atomic mass is 10.2. The fraction of sp³-hybridized carbons (Fsp3) is 0.333. The second-order valence-electron chi connectivity index (χ2n) is 3.10. The van der Waals surface area contributed by atoms with Crippen LogP contribution in [0, 0.1) is 0 Å². The molecule has 0 aliphatic heterocycles. The van der Waals surface area contributed by atoms with Crippen molar-refractivity contribution in [3.63, 3.8) is 0 Å². The number of carbonyl (C=O) groups excluding carboxylic acids is 1. The number of amides is 1. The lowest BCUT2D eigenvalue weighted by molar-refractivity contribution is -0.0759. The first kappa shape index (κ1) is 13.2. The van der Waals surface area contributed by atoms with Crippen LogP contribution in [0.15, 0.2) is 24.3 Å². The number of nitrogens with one attached hydrogen (secondary N) is 1. The molecule has 0 aliphatic carbocycles. The van der Waals surface area contributed by atoms with Gasteiger partial charge in [0.15, 0.2) is 5.69 Å². The molecule has 2 rings (SSSR count). The Hall–Kier alpha value is -1.88. The number of benzene rings is 1. The van der Waals surface area contributed by atoms with Crippen LogP contribution in [0.1, 0.15) is 25.8 Å². The number of fused-ring (bicyclic) bond motifs is 1. The average Bonchev–Trinajstić information content (AvgIpc) is 2.83. The van der Waals surface area contributed by atoms with Gasteiger partial charge in [0.25, 0.3) is 5.91 Å². The third-order valence-electron chi connectivity index (χ3n) is 2.23. The number of H-pyrrole nitrogens is 1. The number of hydroxylamine groups is 2. The number of rotatable bonds is 2. The van der Waals surface area contributed by atoms with E-state index in [2.05, 4.69) is 10.2 Å². The summed E-state index contributed by atoms with van der Waals surface area (Å²) in [5.41, 5.74) is 1.21. The highest BCUT2D eigenvalue weighted by atomic mass is 16.7. The maximum absolute atomic E-state index is 11.8. The Morgan fingerprint density at radius 1 is 1.41 bits per heavy atom. The van der Waals surface area contributed by atoms with Crippen LogP contribution in [0.4, 0.5) is 0 Å². The van der Waals surface area contributed by atoms with Crippen molar-refractivity contribution < 1.29 is 11.1 Å². The van der Waals surface area contributed by atoms with Gasteiger partial charge >= 0.3 is 0 Å². The van der Waals surface area contributed by atoms with E-state index >= 15 is 0 Å². The molecule has 0 saturated heterocycles. The molecular weight excluding hydrogens is 218 g/mol. The highest BCUT2D eigenvalue weighted by Crippen LogP contribution is 2.16. The highest BCUT2D eigenvalue weighted by molar-refractivity contribution is 6.04. The summed E-state index contributed by atoms with van der Waals surface area (Å²) in [5.74, 6) is -0.269. The van der Waals surface area contributed by atoms with Crippen molar-refractivity contribution in [1.29, 1.82) is 0 Å². The Labute approximate surface area is 102 Å². The summed E-state index contributed by atoms with van der Waals surface area (Å²) in [6, 6.07) is 7.46. The van der Waals surface area contributed by atoms with E-state index in [0.29, 0.717) is 5.69 Å². The van der Waals surface area contributed by atoms with E-state index in [1.54, 1.807) is 7.05 Å². The van der Waals surface area contributed by atoms with Gasteiger partial charge < -0.3 is 0 Å². The number of aromatic nitrogens is 2. The van der Waals surface area contributed by atoms with Crippen molar-refractivity contribution in [2.75, 3.05) is 14.2 Å². The summed E-state index contributed by atoms with van der Waals surface area (Å²) >= 11 is 0. The van der Waals surface area contributed by atoms with Crippen LogP contribution in [-0.2, 0) is 4.84 Å². The Kier molecular flexibility index (Phi) is 4.66. The molecule has 0 fully saturated rings. The summed E-state index contributed by atoms with van der Waals surface area (Å²) < 4.78 is 0. The van der Waals surface area contributed by atoms with Crippen molar-refractivity contribution in [3.05, 3.63) is 30.0 Å². The maximum Gasteiger partial charge on any atom is 0.298 e. The molecule has 0 atom stereocenters. The maximum atomic E-state index is 11.8. The molecule has 5 nitrogen and oxygen atoms in total. The first-order valence-corrected chi connectivity index (χ1v) is 5.49. The van der Waals surface area contributed by atoms with Crippen LogP contribution in [-0.4, -0.2) is 35.3 Å². The first-order chi connectivity index (χ1) is 8.24. The Morgan fingerprint density at radius 3 is 2.71 bits per heavy atom. The molecule has 0 saturated carbocycles. The molecule has 0 aliphatic rings. The van der Waals surface area contributed by atoms with Crippen molar-refractivity contribution in [3.8, 4) is 0 Å². The molecule has 17 heavy (non-hydrogen) atoms. The summed E-state index contributed by atoms with van der Waals surface area (Å²) in [4.78, 5) is 16.6. The van der Waals surface area contributed by atoms with Crippen molar-refractivity contribution >= 4 is 16.8 Å². The molecule has 1 heterocycles. The second-order valence-corrected chi connectivity index (χ2v) is 3.10. The minimum Gasteiger partial charge on any atom is -0.277 e. The van der Waals surface area contributed by atoms with Crippen molar-refractivity contribution in [2.45, 2.75) is 13.8 Å². The van der Waals surface area contributed by atoms with Gasteiger partial charge in [0, 0.05) is 13.9 Å². The summed E-state index contributed by atoms with van der Waals surface area (Å²) in [5, 5.41) is 8.70. The number of nitrogens with zero attached hydrogens (tertiary/aromatic N) is 2. The molecular formula is C12H19N3O2. The molecule has 1 N–H and O–H groups in total. The normalized spacial score (nSPS) is 9.65. The van der Waals surface area contributed by atoms with Crippen molar-refractivity contribution in [1.82, 2.24) is 15.3 Å². The average molecular weight is 237 g/mol. The molecule has 0 radical (unpaired) electrons. The Bertz CT molecular complexity index is 499. The number of carbonyl (C=O) groups is 1. The third-order valence-corrected chi connectivity index (χ3v) is 2.23. The largest absolute Gasteiger partial charge is 0.298 e. The minimum atomic E-state index is -0.269. The van der Waals surface area contributed by atoms with Gasteiger partial charge in [-0.15, -0.1) is 0 Å². The molecule has 94 valence electrons. The van der Waals surface area contributed by atoms with E-state index in [1.165, 1.54) is 7.11 Å². The summed E-state index contributed by atoms with van der Waals surface area (Å²) in [7, 11) is 2.98. The number of para-hydroxylation sites is 1. The fourth-order valence-electron chi connectivity index (χ4n) is 1.36. The van der Waals surface area contributed by atoms with Crippen LogP contribution in [0.3, 0.4) is 0 Å². The Morgan fingerprint density at radius 2 is 2.06 bits per heavy atom. The summed E-state index contributed by atoms with van der Waals surface area (Å²) in [6.07, 6.45) is 0. The van der Waals surface area contributed by atoms with E-state index in [1.807, 2.05) is 38.1 Å². The van der Waals surface area contributed by atoms with E-state index in [9.17, 15) is 4.79 Å². The smallest absolute Gasteiger partial charge is 0.277 e. The van der Waals surface area contributed by atoms with Gasteiger partial charge in [-0.2, -0.15) is 5.10 Å². The van der Waals surface area contributed by atoms with Crippen LogP contribution >= 0.6 is 0 Å². The molecule has 0 bridgehead atoms.